The molecular formula is C11H17N3O3. The Morgan fingerprint density at radius 3 is 3.24 bits per heavy atom. The van der Waals surface area contributed by atoms with Gasteiger partial charge in [-0.2, -0.15) is 0 Å². The summed E-state index contributed by atoms with van der Waals surface area (Å²) < 4.78 is 5.16. The first kappa shape index (κ1) is 12.1. The zero-order valence-corrected chi connectivity index (χ0v) is 9.56. The molecule has 1 aromatic heterocycles. The molecule has 0 aromatic carbocycles. The number of nitrogens with one attached hydrogen (secondary N) is 2. The first-order chi connectivity index (χ1) is 8.24. The van der Waals surface area contributed by atoms with Gasteiger partial charge in [0.2, 0.25) is 5.91 Å². The van der Waals surface area contributed by atoms with Crippen molar-refractivity contribution in [3.8, 4) is 0 Å². The maximum absolute atomic E-state index is 11.6. The summed E-state index contributed by atoms with van der Waals surface area (Å²) in [6.45, 7) is 0.841. The molecule has 1 saturated heterocycles. The summed E-state index contributed by atoms with van der Waals surface area (Å²) in [5, 5.41) is 12.2. The molecule has 17 heavy (non-hydrogen) atoms. The van der Waals surface area contributed by atoms with Gasteiger partial charge >= 0.3 is 0 Å². The molecule has 3 N–H and O–H groups in total. The molecule has 94 valence electrons. The number of nitrogens with zero attached hydrogens (tertiary/aromatic N) is 1. The molecule has 0 saturated carbocycles. The Kier molecular flexibility index (Phi) is 4.11. The maximum Gasteiger partial charge on any atom is 0.220 e. The molecule has 1 aliphatic rings. The van der Waals surface area contributed by atoms with Gasteiger partial charge in [0.1, 0.15) is 0 Å². The number of aliphatic hydroxyl groups excluding tert-OH is 1. The standard InChI is InChI=1S/C11H17N3O3/c15-10-3-9(5-17-6-10)14-11(16)2-1-8-4-12-7-13-8/h4,7,9-10,15H,1-3,5-6H2,(H,12,13)(H,14,16). The highest BCUT2D eigenvalue weighted by Crippen LogP contribution is 2.07. The second-order valence-corrected chi connectivity index (χ2v) is 4.27. The predicted octanol–water partition coefficient (Wildman–Crippen LogP) is -0.392. The van der Waals surface area contributed by atoms with E-state index in [1.54, 1.807) is 12.5 Å². The van der Waals surface area contributed by atoms with E-state index < -0.39 is 6.10 Å². The minimum Gasteiger partial charge on any atom is -0.391 e. The lowest BCUT2D eigenvalue weighted by atomic mass is 10.1. The largest absolute Gasteiger partial charge is 0.391 e. The number of carbonyl (C=O) groups is 1. The van der Waals surface area contributed by atoms with Crippen molar-refractivity contribution >= 4 is 5.91 Å². The van der Waals surface area contributed by atoms with E-state index in [0.717, 1.165) is 5.69 Å². The number of amides is 1. The maximum atomic E-state index is 11.6. The van der Waals surface area contributed by atoms with Crippen LogP contribution in [0.3, 0.4) is 0 Å². The lowest BCUT2D eigenvalue weighted by molar-refractivity contribution is -0.123. The number of aromatic amines is 1. The topological polar surface area (TPSA) is 87.2 Å². The molecule has 2 atom stereocenters. The fourth-order valence-electron chi connectivity index (χ4n) is 1.88. The molecule has 1 aromatic rings. The van der Waals surface area contributed by atoms with Gasteiger partial charge in [0.15, 0.2) is 0 Å². The van der Waals surface area contributed by atoms with Crippen molar-refractivity contribution in [3.05, 3.63) is 18.2 Å². The Bertz CT molecular complexity index is 353. The van der Waals surface area contributed by atoms with Gasteiger partial charge in [-0.15, -0.1) is 0 Å². The zero-order valence-electron chi connectivity index (χ0n) is 9.56. The van der Waals surface area contributed by atoms with Crippen LogP contribution in [-0.4, -0.2) is 46.3 Å². The summed E-state index contributed by atoms with van der Waals surface area (Å²) in [5.74, 6) is -0.0256. The van der Waals surface area contributed by atoms with Crippen molar-refractivity contribution in [2.24, 2.45) is 0 Å². The molecule has 1 fully saturated rings. The lowest BCUT2D eigenvalue weighted by Gasteiger charge is -2.26. The van der Waals surface area contributed by atoms with Gasteiger partial charge in [0.25, 0.3) is 0 Å². The fourth-order valence-corrected chi connectivity index (χ4v) is 1.88. The number of aromatic nitrogens is 2. The SMILES string of the molecule is O=C(CCc1cnc[nH]1)NC1COCC(O)C1. The molecule has 0 aliphatic carbocycles. The van der Waals surface area contributed by atoms with Crippen LogP contribution in [0, 0.1) is 0 Å². The summed E-state index contributed by atoms with van der Waals surface area (Å²) in [6.07, 6.45) is 4.45. The molecule has 0 bridgehead atoms. The van der Waals surface area contributed by atoms with Crippen LogP contribution in [-0.2, 0) is 16.0 Å². The van der Waals surface area contributed by atoms with E-state index in [1.165, 1.54) is 0 Å². The van der Waals surface area contributed by atoms with Gasteiger partial charge in [-0.05, 0) is 12.8 Å². The number of hydrogen-bond donors (Lipinski definition) is 3. The molecule has 0 radical (unpaired) electrons. The van der Waals surface area contributed by atoms with E-state index in [4.69, 9.17) is 4.74 Å². The molecule has 6 nitrogen and oxygen atoms in total. The zero-order chi connectivity index (χ0) is 12.1. The number of imidazole rings is 1. The van der Waals surface area contributed by atoms with Gasteiger partial charge in [-0.25, -0.2) is 4.98 Å². The predicted molar refractivity (Wildman–Crippen MR) is 60.3 cm³/mol. The van der Waals surface area contributed by atoms with Crippen molar-refractivity contribution < 1.29 is 14.6 Å². The van der Waals surface area contributed by atoms with E-state index in [-0.39, 0.29) is 11.9 Å². The Labute approximate surface area is 99.4 Å². The average Bonchev–Trinajstić information content (AvgIpc) is 2.79. The highest BCUT2D eigenvalue weighted by Gasteiger charge is 2.21. The Hall–Kier alpha value is -1.40. The van der Waals surface area contributed by atoms with Crippen LogP contribution in [0.5, 0.6) is 0 Å². The fraction of sp³-hybridized carbons (Fsp3) is 0.636. The number of aryl methyl sites for hydroxylation is 1. The van der Waals surface area contributed by atoms with Crippen LogP contribution in [0.4, 0.5) is 0 Å². The monoisotopic (exact) mass is 239 g/mol. The molecular weight excluding hydrogens is 222 g/mol. The molecule has 6 heteroatoms. The average molecular weight is 239 g/mol. The highest BCUT2D eigenvalue weighted by atomic mass is 16.5. The van der Waals surface area contributed by atoms with Crippen molar-refractivity contribution in [3.63, 3.8) is 0 Å². The summed E-state index contributed by atoms with van der Waals surface area (Å²) in [5.41, 5.74) is 0.945. The number of ether oxygens (including phenoxy) is 1. The van der Waals surface area contributed by atoms with Crippen LogP contribution in [0.15, 0.2) is 12.5 Å². The van der Waals surface area contributed by atoms with Crippen molar-refractivity contribution in [2.75, 3.05) is 13.2 Å². The van der Waals surface area contributed by atoms with Crippen LogP contribution >= 0.6 is 0 Å². The highest BCUT2D eigenvalue weighted by molar-refractivity contribution is 5.76. The minimum absolute atomic E-state index is 0.0256. The molecule has 2 heterocycles. The summed E-state index contributed by atoms with van der Waals surface area (Å²) >= 11 is 0. The van der Waals surface area contributed by atoms with Gasteiger partial charge < -0.3 is 20.1 Å². The second-order valence-electron chi connectivity index (χ2n) is 4.27. The van der Waals surface area contributed by atoms with Gasteiger partial charge in [0, 0.05) is 18.3 Å². The first-order valence-corrected chi connectivity index (χ1v) is 5.76. The van der Waals surface area contributed by atoms with Gasteiger partial charge in [-0.1, -0.05) is 0 Å². The number of hydrogen-bond acceptors (Lipinski definition) is 4. The number of H-pyrrole nitrogens is 1. The van der Waals surface area contributed by atoms with E-state index in [1.807, 2.05) is 0 Å². The van der Waals surface area contributed by atoms with E-state index in [2.05, 4.69) is 15.3 Å². The Morgan fingerprint density at radius 1 is 1.65 bits per heavy atom. The van der Waals surface area contributed by atoms with Crippen LogP contribution < -0.4 is 5.32 Å². The quantitative estimate of drug-likeness (QED) is 0.667. The van der Waals surface area contributed by atoms with E-state index in [0.29, 0.717) is 32.5 Å². The molecule has 1 amide bonds. The Balaban J connectivity index is 1.70. The Morgan fingerprint density at radius 2 is 2.53 bits per heavy atom. The van der Waals surface area contributed by atoms with Crippen LogP contribution in [0.2, 0.25) is 0 Å². The van der Waals surface area contributed by atoms with E-state index >= 15 is 0 Å². The van der Waals surface area contributed by atoms with Crippen molar-refractivity contribution in [1.29, 1.82) is 0 Å². The summed E-state index contributed by atoms with van der Waals surface area (Å²) in [7, 11) is 0. The third-order valence-electron chi connectivity index (χ3n) is 2.73. The van der Waals surface area contributed by atoms with Gasteiger partial charge in [-0.3, -0.25) is 4.79 Å². The molecule has 0 spiro atoms. The summed E-state index contributed by atoms with van der Waals surface area (Å²) in [4.78, 5) is 18.5. The number of carbonyl (C=O) groups excluding carboxylic acids is 1. The van der Waals surface area contributed by atoms with Crippen molar-refractivity contribution in [2.45, 2.75) is 31.4 Å². The van der Waals surface area contributed by atoms with Crippen LogP contribution in [0.1, 0.15) is 18.5 Å². The molecule has 2 rings (SSSR count). The third-order valence-corrected chi connectivity index (χ3v) is 2.73. The molecule has 2 unspecified atom stereocenters. The number of rotatable bonds is 4. The molecule has 1 aliphatic heterocycles. The minimum atomic E-state index is -0.471. The number of aliphatic hydroxyl groups is 1. The van der Waals surface area contributed by atoms with Gasteiger partial charge in [0.05, 0.1) is 31.7 Å². The van der Waals surface area contributed by atoms with Crippen LogP contribution in [0.25, 0.3) is 0 Å². The lowest BCUT2D eigenvalue weighted by Crippen LogP contribution is -2.45. The smallest absolute Gasteiger partial charge is 0.220 e. The van der Waals surface area contributed by atoms with E-state index in [9.17, 15) is 9.90 Å². The summed E-state index contributed by atoms with van der Waals surface area (Å²) in [6, 6.07) is -0.0759. The second kappa shape index (κ2) is 5.79. The normalized spacial score (nSPS) is 24.5. The third kappa shape index (κ3) is 3.83. The van der Waals surface area contributed by atoms with Crippen molar-refractivity contribution in [1.82, 2.24) is 15.3 Å². The first-order valence-electron chi connectivity index (χ1n) is 5.76.